The first-order chi connectivity index (χ1) is 9.13. The number of amides is 2. The Morgan fingerprint density at radius 3 is 2.53 bits per heavy atom. The van der Waals surface area contributed by atoms with Gasteiger partial charge in [-0.3, -0.25) is 9.59 Å². The van der Waals surface area contributed by atoms with Crippen molar-refractivity contribution >= 4 is 23.5 Å². The van der Waals surface area contributed by atoms with Crippen LogP contribution >= 0.6 is 0 Å². The fourth-order valence-electron chi connectivity index (χ4n) is 1.62. The Labute approximate surface area is 109 Å². The summed E-state index contributed by atoms with van der Waals surface area (Å²) in [5, 5.41) is 0. The zero-order valence-electron chi connectivity index (χ0n) is 10.2. The van der Waals surface area contributed by atoms with Crippen molar-refractivity contribution in [3.05, 3.63) is 54.3 Å². The highest BCUT2D eigenvalue weighted by molar-refractivity contribution is 6.30. The normalized spacial score (nSPS) is 15.0. The molecular weight excluding hydrogens is 246 g/mol. The lowest BCUT2D eigenvalue weighted by Gasteiger charge is -2.13. The summed E-state index contributed by atoms with van der Waals surface area (Å²) in [7, 11) is 0. The van der Waals surface area contributed by atoms with Crippen molar-refractivity contribution in [3.63, 3.8) is 0 Å². The number of rotatable bonds is 3. The van der Waals surface area contributed by atoms with Crippen molar-refractivity contribution in [1.29, 1.82) is 0 Å². The summed E-state index contributed by atoms with van der Waals surface area (Å²) in [6, 6.07) is 8.44. The van der Waals surface area contributed by atoms with Gasteiger partial charge in [0.25, 0.3) is 5.91 Å². The van der Waals surface area contributed by atoms with Crippen molar-refractivity contribution in [2.24, 2.45) is 0 Å². The highest BCUT2D eigenvalue weighted by Gasteiger charge is 2.34. The zero-order valence-corrected chi connectivity index (χ0v) is 10.2. The molecule has 0 spiro atoms. The van der Waals surface area contributed by atoms with E-state index in [1.54, 1.807) is 37.3 Å². The molecule has 0 unspecified atom stereocenters. The third kappa shape index (κ3) is 2.60. The van der Waals surface area contributed by atoms with Crippen LogP contribution in [0.2, 0.25) is 0 Å². The number of anilines is 1. The van der Waals surface area contributed by atoms with Crippen LogP contribution in [-0.4, -0.2) is 17.8 Å². The lowest BCUT2D eigenvalue weighted by Crippen LogP contribution is -2.31. The van der Waals surface area contributed by atoms with Gasteiger partial charge in [-0.1, -0.05) is 24.3 Å². The molecule has 5 heteroatoms. The van der Waals surface area contributed by atoms with E-state index in [9.17, 15) is 14.4 Å². The van der Waals surface area contributed by atoms with E-state index >= 15 is 0 Å². The van der Waals surface area contributed by atoms with Crippen LogP contribution in [-0.2, 0) is 19.1 Å². The van der Waals surface area contributed by atoms with E-state index in [2.05, 4.69) is 0 Å². The molecule has 0 saturated carbocycles. The first-order valence-electron chi connectivity index (χ1n) is 5.63. The number of nitrogens with zero attached hydrogens (tertiary/aromatic N) is 1. The minimum Gasteiger partial charge on any atom is -0.417 e. The van der Waals surface area contributed by atoms with Crippen LogP contribution in [0.25, 0.3) is 0 Å². The minimum absolute atomic E-state index is 0.267. The SMILES string of the molecule is C/C=C/C(=O)OC1=CC(=O)N(c2ccccc2)C1=O. The number of allylic oxidation sites excluding steroid dienone is 1. The average molecular weight is 257 g/mol. The van der Waals surface area contributed by atoms with E-state index in [1.165, 1.54) is 12.2 Å². The van der Waals surface area contributed by atoms with Gasteiger partial charge in [0, 0.05) is 6.08 Å². The number of hydrogen-bond donors (Lipinski definition) is 0. The molecule has 2 rings (SSSR count). The molecule has 0 atom stereocenters. The van der Waals surface area contributed by atoms with Crippen LogP contribution in [0.3, 0.4) is 0 Å². The maximum absolute atomic E-state index is 12.0. The molecule has 1 aliphatic heterocycles. The molecule has 96 valence electrons. The zero-order chi connectivity index (χ0) is 13.8. The summed E-state index contributed by atoms with van der Waals surface area (Å²) >= 11 is 0. The van der Waals surface area contributed by atoms with E-state index in [0.29, 0.717) is 5.69 Å². The Balaban J connectivity index is 2.20. The van der Waals surface area contributed by atoms with Crippen molar-refractivity contribution in [3.8, 4) is 0 Å². The van der Waals surface area contributed by atoms with Gasteiger partial charge in [0.2, 0.25) is 5.76 Å². The van der Waals surface area contributed by atoms with Crippen LogP contribution in [0, 0.1) is 0 Å². The maximum atomic E-state index is 12.0. The molecule has 0 N–H and O–H groups in total. The highest BCUT2D eigenvalue weighted by atomic mass is 16.5. The molecule has 1 aliphatic rings. The van der Waals surface area contributed by atoms with Crippen LogP contribution in [0.15, 0.2) is 54.3 Å². The third-order valence-corrected chi connectivity index (χ3v) is 2.42. The molecule has 1 aromatic rings. The van der Waals surface area contributed by atoms with Gasteiger partial charge in [0.05, 0.1) is 11.8 Å². The van der Waals surface area contributed by atoms with Gasteiger partial charge in [-0.15, -0.1) is 0 Å². The number of hydrogen-bond acceptors (Lipinski definition) is 4. The number of esters is 1. The summed E-state index contributed by atoms with van der Waals surface area (Å²) in [5.41, 5.74) is 0.436. The van der Waals surface area contributed by atoms with E-state index in [4.69, 9.17) is 4.74 Å². The first kappa shape index (κ1) is 12.8. The lowest BCUT2D eigenvalue weighted by atomic mass is 10.3. The number of imide groups is 1. The van der Waals surface area contributed by atoms with Gasteiger partial charge in [-0.05, 0) is 19.1 Å². The smallest absolute Gasteiger partial charge is 0.336 e. The van der Waals surface area contributed by atoms with Crippen molar-refractivity contribution in [2.45, 2.75) is 6.92 Å². The molecule has 2 amide bonds. The number of ether oxygens (including phenoxy) is 1. The van der Waals surface area contributed by atoms with Gasteiger partial charge in [0.1, 0.15) is 0 Å². The number of carbonyl (C=O) groups is 3. The molecule has 5 nitrogen and oxygen atoms in total. The fourth-order valence-corrected chi connectivity index (χ4v) is 1.62. The van der Waals surface area contributed by atoms with E-state index in [0.717, 1.165) is 11.0 Å². The van der Waals surface area contributed by atoms with Gasteiger partial charge in [-0.25, -0.2) is 9.69 Å². The molecule has 1 heterocycles. The predicted octanol–water partition coefficient (Wildman–Crippen LogP) is 1.56. The Morgan fingerprint density at radius 2 is 1.89 bits per heavy atom. The average Bonchev–Trinajstić information content (AvgIpc) is 2.66. The standard InChI is InChI=1S/C14H11NO4/c1-2-6-13(17)19-11-9-12(16)15(14(11)18)10-7-4-3-5-8-10/h2-9H,1H3/b6-2+. The van der Waals surface area contributed by atoms with E-state index < -0.39 is 17.8 Å². The summed E-state index contributed by atoms with van der Waals surface area (Å²) < 4.78 is 4.81. The van der Waals surface area contributed by atoms with Crippen LogP contribution in [0.5, 0.6) is 0 Å². The van der Waals surface area contributed by atoms with E-state index in [1.807, 2.05) is 0 Å². The second kappa shape index (κ2) is 5.30. The number of carbonyl (C=O) groups excluding carboxylic acids is 3. The monoisotopic (exact) mass is 257 g/mol. The van der Waals surface area contributed by atoms with Crippen LogP contribution in [0.4, 0.5) is 5.69 Å². The molecular formula is C14H11NO4. The summed E-state index contributed by atoms with van der Waals surface area (Å²) in [4.78, 5) is 36.0. The molecule has 0 fully saturated rings. The van der Waals surface area contributed by atoms with Crippen molar-refractivity contribution in [2.75, 3.05) is 4.90 Å². The van der Waals surface area contributed by atoms with Gasteiger partial charge in [-0.2, -0.15) is 0 Å². The summed E-state index contributed by atoms with van der Waals surface area (Å²) in [6.07, 6.45) is 3.67. The largest absolute Gasteiger partial charge is 0.417 e. The molecule has 19 heavy (non-hydrogen) atoms. The molecule has 0 aliphatic carbocycles. The topological polar surface area (TPSA) is 63.7 Å². The molecule has 0 aromatic heterocycles. The Kier molecular flexibility index (Phi) is 3.56. The Morgan fingerprint density at radius 1 is 1.21 bits per heavy atom. The Bertz CT molecular complexity index is 587. The van der Waals surface area contributed by atoms with Crippen LogP contribution < -0.4 is 4.90 Å². The molecule has 0 bridgehead atoms. The number of para-hydroxylation sites is 1. The number of benzene rings is 1. The van der Waals surface area contributed by atoms with Crippen molar-refractivity contribution < 1.29 is 19.1 Å². The second-order valence-corrected chi connectivity index (χ2v) is 3.74. The summed E-state index contributed by atoms with van der Waals surface area (Å²) in [5.74, 6) is -2.13. The lowest BCUT2D eigenvalue weighted by molar-refractivity contribution is -0.137. The van der Waals surface area contributed by atoms with Crippen molar-refractivity contribution in [1.82, 2.24) is 0 Å². The second-order valence-electron chi connectivity index (χ2n) is 3.74. The van der Waals surface area contributed by atoms with Gasteiger partial charge < -0.3 is 4.74 Å². The third-order valence-electron chi connectivity index (χ3n) is 2.42. The first-order valence-corrected chi connectivity index (χ1v) is 5.63. The minimum atomic E-state index is -0.690. The van der Waals surface area contributed by atoms with E-state index in [-0.39, 0.29) is 5.76 Å². The highest BCUT2D eigenvalue weighted by Crippen LogP contribution is 2.22. The summed E-state index contributed by atoms with van der Waals surface area (Å²) in [6.45, 7) is 1.65. The maximum Gasteiger partial charge on any atom is 0.336 e. The molecule has 0 radical (unpaired) electrons. The quantitative estimate of drug-likeness (QED) is 0.468. The molecule has 0 saturated heterocycles. The fraction of sp³-hybridized carbons (Fsp3) is 0.0714. The predicted molar refractivity (Wildman–Crippen MR) is 67.9 cm³/mol. The Hall–Kier alpha value is -2.69. The molecule has 1 aromatic carbocycles. The van der Waals surface area contributed by atoms with Gasteiger partial charge in [0.15, 0.2) is 0 Å². The van der Waals surface area contributed by atoms with Crippen LogP contribution in [0.1, 0.15) is 6.92 Å². The van der Waals surface area contributed by atoms with Gasteiger partial charge >= 0.3 is 11.9 Å².